The summed E-state index contributed by atoms with van der Waals surface area (Å²) in [6, 6.07) is 8.56. The number of nitrogens with one attached hydrogen (secondary N) is 3. The summed E-state index contributed by atoms with van der Waals surface area (Å²) in [4.78, 5) is 38.2. The van der Waals surface area contributed by atoms with Crippen LogP contribution in [0.3, 0.4) is 0 Å². The largest absolute Gasteiger partial charge is 0.445 e. The highest BCUT2D eigenvalue weighted by atomic mass is 16.6. The fourth-order valence-electron chi connectivity index (χ4n) is 2.64. The lowest BCUT2D eigenvalue weighted by Gasteiger charge is -2.30. The first kappa shape index (κ1) is 26.8. The maximum atomic E-state index is 12.9. The molecule has 0 aliphatic carbocycles. The van der Waals surface area contributed by atoms with Crippen LogP contribution in [0.25, 0.3) is 0 Å². The van der Waals surface area contributed by atoms with E-state index in [2.05, 4.69) is 22.5 Å². The van der Waals surface area contributed by atoms with E-state index in [1.54, 1.807) is 32.6 Å². The molecular weight excluding hydrogens is 412 g/mol. The van der Waals surface area contributed by atoms with Gasteiger partial charge in [0, 0.05) is 31.7 Å². The third-order valence-electron chi connectivity index (χ3n) is 4.19. The number of ether oxygens (including phenoxy) is 2. The summed E-state index contributed by atoms with van der Waals surface area (Å²) < 4.78 is 10.1. The average molecular weight is 449 g/mol. The van der Waals surface area contributed by atoms with Gasteiger partial charge in [-0.15, -0.1) is 0 Å². The lowest BCUT2D eigenvalue weighted by molar-refractivity contribution is 0.0507. The Morgan fingerprint density at radius 3 is 2.31 bits per heavy atom. The van der Waals surface area contributed by atoms with E-state index in [1.807, 2.05) is 37.3 Å². The van der Waals surface area contributed by atoms with Crippen LogP contribution in [0.15, 0.2) is 43.0 Å². The highest BCUT2D eigenvalue weighted by molar-refractivity contribution is 5.75. The zero-order valence-electron chi connectivity index (χ0n) is 19.6. The van der Waals surface area contributed by atoms with E-state index in [-0.39, 0.29) is 37.8 Å². The molecule has 0 aromatic heterocycles. The number of carbonyl (C=O) groups excluding carboxylic acids is 3. The summed E-state index contributed by atoms with van der Waals surface area (Å²) in [5.74, 6) is 0. The van der Waals surface area contributed by atoms with E-state index in [1.165, 1.54) is 6.08 Å². The van der Waals surface area contributed by atoms with Crippen molar-refractivity contribution < 1.29 is 23.9 Å². The molecule has 0 bridgehead atoms. The standard InChI is InChI=1S/C23H36N4O5/c1-7-13-31-21(29)25-15-18(3)27(16-19-11-9-8-10-12-19)20(28)24-14-17(2)26-22(30)32-23(4,5)6/h7-12,17-18H,1,13-16H2,2-6H3,(H,24,28)(H,25,29)(H,26,30)/t17-,18?/m0/s1. The number of urea groups is 1. The third kappa shape index (κ3) is 11.2. The smallest absolute Gasteiger partial charge is 0.407 e. The van der Waals surface area contributed by atoms with E-state index >= 15 is 0 Å². The molecule has 3 N–H and O–H groups in total. The molecule has 0 spiro atoms. The molecule has 1 unspecified atom stereocenters. The van der Waals surface area contributed by atoms with Crippen LogP contribution in [0.1, 0.15) is 40.2 Å². The zero-order valence-corrected chi connectivity index (χ0v) is 19.6. The van der Waals surface area contributed by atoms with Gasteiger partial charge in [0.1, 0.15) is 12.2 Å². The highest BCUT2D eigenvalue weighted by Gasteiger charge is 2.23. The van der Waals surface area contributed by atoms with Crippen molar-refractivity contribution in [1.82, 2.24) is 20.9 Å². The second kappa shape index (κ2) is 13.2. The fraction of sp³-hybridized carbons (Fsp3) is 0.522. The lowest BCUT2D eigenvalue weighted by atomic mass is 10.2. The van der Waals surface area contributed by atoms with Crippen LogP contribution in [-0.4, -0.2) is 60.5 Å². The molecule has 1 aromatic carbocycles. The van der Waals surface area contributed by atoms with Gasteiger partial charge in [0.05, 0.1) is 0 Å². The van der Waals surface area contributed by atoms with Gasteiger partial charge in [-0.2, -0.15) is 0 Å². The van der Waals surface area contributed by atoms with Crippen molar-refractivity contribution >= 4 is 18.2 Å². The Hall–Kier alpha value is -3.23. The molecule has 178 valence electrons. The van der Waals surface area contributed by atoms with Crippen molar-refractivity contribution in [2.45, 2.75) is 58.8 Å². The molecule has 0 radical (unpaired) electrons. The van der Waals surface area contributed by atoms with E-state index in [0.29, 0.717) is 6.54 Å². The van der Waals surface area contributed by atoms with Gasteiger partial charge in [0.25, 0.3) is 0 Å². The highest BCUT2D eigenvalue weighted by Crippen LogP contribution is 2.09. The van der Waals surface area contributed by atoms with Gasteiger partial charge in [-0.3, -0.25) is 0 Å². The Morgan fingerprint density at radius 2 is 1.72 bits per heavy atom. The quantitative estimate of drug-likeness (QED) is 0.475. The molecule has 1 aromatic rings. The fourth-order valence-corrected chi connectivity index (χ4v) is 2.64. The maximum Gasteiger partial charge on any atom is 0.407 e. The molecule has 32 heavy (non-hydrogen) atoms. The molecule has 4 amide bonds. The summed E-state index contributed by atoms with van der Waals surface area (Å²) in [7, 11) is 0. The van der Waals surface area contributed by atoms with E-state index in [4.69, 9.17) is 9.47 Å². The van der Waals surface area contributed by atoms with Gasteiger partial charge in [-0.25, -0.2) is 14.4 Å². The van der Waals surface area contributed by atoms with Crippen LogP contribution in [0.5, 0.6) is 0 Å². The minimum absolute atomic E-state index is 0.108. The lowest BCUT2D eigenvalue weighted by Crippen LogP contribution is -2.51. The van der Waals surface area contributed by atoms with E-state index in [0.717, 1.165) is 5.56 Å². The SMILES string of the molecule is C=CCOC(=O)NCC(C)N(Cc1ccccc1)C(=O)NC[C@H](C)NC(=O)OC(C)(C)C. The van der Waals surface area contributed by atoms with Gasteiger partial charge in [-0.05, 0) is 40.2 Å². The Bertz CT molecular complexity index is 749. The maximum absolute atomic E-state index is 12.9. The first-order valence-corrected chi connectivity index (χ1v) is 10.6. The van der Waals surface area contributed by atoms with Crippen LogP contribution in [0.2, 0.25) is 0 Å². The molecule has 0 heterocycles. The minimum Gasteiger partial charge on any atom is -0.445 e. The number of benzene rings is 1. The van der Waals surface area contributed by atoms with Crippen molar-refractivity contribution in [2.75, 3.05) is 19.7 Å². The Balaban J connectivity index is 2.70. The predicted octanol–water partition coefficient (Wildman–Crippen LogP) is 3.41. The molecule has 0 saturated heterocycles. The van der Waals surface area contributed by atoms with Crippen molar-refractivity contribution in [2.24, 2.45) is 0 Å². The second-order valence-electron chi connectivity index (χ2n) is 8.46. The van der Waals surface area contributed by atoms with Crippen LogP contribution in [-0.2, 0) is 16.0 Å². The Morgan fingerprint density at radius 1 is 1.06 bits per heavy atom. The molecule has 9 heteroatoms. The number of nitrogens with zero attached hydrogens (tertiary/aromatic N) is 1. The summed E-state index contributed by atoms with van der Waals surface area (Å²) in [6.45, 7) is 13.3. The number of hydrogen-bond acceptors (Lipinski definition) is 5. The molecule has 0 fully saturated rings. The first-order chi connectivity index (χ1) is 15.0. The van der Waals surface area contributed by atoms with Crippen molar-refractivity contribution in [3.05, 3.63) is 48.6 Å². The third-order valence-corrected chi connectivity index (χ3v) is 4.19. The summed E-state index contributed by atoms with van der Waals surface area (Å²) in [5.41, 5.74) is 0.345. The Kier molecular flexibility index (Phi) is 11.1. The molecular formula is C23H36N4O5. The number of hydrogen-bond donors (Lipinski definition) is 3. The van der Waals surface area contributed by atoms with E-state index in [9.17, 15) is 14.4 Å². The topological polar surface area (TPSA) is 109 Å². The van der Waals surface area contributed by atoms with Crippen molar-refractivity contribution in [3.8, 4) is 0 Å². The molecule has 0 saturated carbocycles. The van der Waals surface area contributed by atoms with Crippen LogP contribution in [0, 0.1) is 0 Å². The molecule has 9 nitrogen and oxygen atoms in total. The van der Waals surface area contributed by atoms with Crippen molar-refractivity contribution in [3.63, 3.8) is 0 Å². The summed E-state index contributed by atoms with van der Waals surface area (Å²) in [6.07, 6.45) is 0.355. The van der Waals surface area contributed by atoms with Crippen LogP contribution in [0.4, 0.5) is 14.4 Å². The van der Waals surface area contributed by atoms with Crippen LogP contribution >= 0.6 is 0 Å². The number of carbonyl (C=O) groups is 3. The molecule has 0 aliphatic rings. The molecule has 0 aliphatic heterocycles. The normalized spacial score (nSPS) is 12.7. The summed E-state index contributed by atoms with van der Waals surface area (Å²) >= 11 is 0. The number of alkyl carbamates (subject to hydrolysis) is 2. The van der Waals surface area contributed by atoms with Gasteiger partial charge < -0.3 is 30.3 Å². The zero-order chi connectivity index (χ0) is 24.1. The van der Waals surface area contributed by atoms with Gasteiger partial charge >= 0.3 is 18.2 Å². The summed E-state index contributed by atoms with van der Waals surface area (Å²) in [5, 5.41) is 8.17. The monoisotopic (exact) mass is 448 g/mol. The number of rotatable bonds is 10. The minimum atomic E-state index is -0.602. The predicted molar refractivity (Wildman–Crippen MR) is 123 cm³/mol. The number of amides is 4. The van der Waals surface area contributed by atoms with Gasteiger partial charge in [0.15, 0.2) is 0 Å². The Labute approximate surface area is 190 Å². The van der Waals surface area contributed by atoms with Crippen LogP contribution < -0.4 is 16.0 Å². The molecule has 1 rings (SSSR count). The second-order valence-corrected chi connectivity index (χ2v) is 8.46. The van der Waals surface area contributed by atoms with E-state index < -0.39 is 17.8 Å². The van der Waals surface area contributed by atoms with Gasteiger partial charge in [-0.1, -0.05) is 43.0 Å². The van der Waals surface area contributed by atoms with Gasteiger partial charge in [0.2, 0.25) is 0 Å². The molecule has 2 atom stereocenters. The van der Waals surface area contributed by atoms with Crippen molar-refractivity contribution in [1.29, 1.82) is 0 Å². The first-order valence-electron chi connectivity index (χ1n) is 10.6. The average Bonchev–Trinajstić information content (AvgIpc) is 2.71.